The van der Waals surface area contributed by atoms with Crippen molar-refractivity contribution in [2.45, 2.75) is 38.2 Å². The van der Waals surface area contributed by atoms with E-state index in [2.05, 4.69) is 13.8 Å². The average molecular weight is 246 g/mol. The van der Waals surface area contributed by atoms with E-state index in [9.17, 15) is 4.79 Å². The lowest BCUT2D eigenvalue weighted by molar-refractivity contribution is 0.0643. The smallest absolute Gasteiger partial charge is 0.191 e. The van der Waals surface area contributed by atoms with Crippen LogP contribution in [0.25, 0.3) is 0 Å². The lowest BCUT2D eigenvalue weighted by atomic mass is 9.85. The zero-order valence-corrected chi connectivity index (χ0v) is 10.9. The van der Waals surface area contributed by atoms with Gasteiger partial charge in [0.25, 0.3) is 0 Å². The normalized spacial score (nSPS) is 24.7. The number of benzene rings is 1. The zero-order chi connectivity index (χ0) is 12.8. The maximum atomic E-state index is 12.3. The minimum absolute atomic E-state index is 0.0117. The molecule has 0 amide bonds. The number of hydrogen-bond acceptors (Lipinski definition) is 3. The number of ether oxygens (including phenoxy) is 2. The molecule has 1 unspecified atom stereocenters. The van der Waals surface area contributed by atoms with E-state index in [0.29, 0.717) is 13.2 Å². The largest absolute Gasteiger partial charge is 0.492 e. The van der Waals surface area contributed by atoms with Crippen LogP contribution in [0.2, 0.25) is 0 Å². The average Bonchev–Trinajstić information content (AvgIpc) is 2.97. The molecule has 3 rings (SSSR count). The fourth-order valence-electron chi connectivity index (χ4n) is 2.64. The molecule has 2 aliphatic rings. The first-order valence-electron chi connectivity index (χ1n) is 6.51. The molecule has 2 aliphatic heterocycles. The molecule has 1 saturated heterocycles. The van der Waals surface area contributed by atoms with Crippen molar-refractivity contribution in [1.82, 2.24) is 0 Å². The highest BCUT2D eigenvalue weighted by atomic mass is 16.5. The molecule has 1 fully saturated rings. The Balaban J connectivity index is 1.92. The van der Waals surface area contributed by atoms with Crippen LogP contribution in [-0.2, 0) is 10.2 Å². The van der Waals surface area contributed by atoms with Gasteiger partial charge in [0, 0.05) is 23.1 Å². The summed E-state index contributed by atoms with van der Waals surface area (Å²) >= 11 is 0. The number of ketones is 1. The van der Waals surface area contributed by atoms with E-state index in [-0.39, 0.29) is 17.3 Å². The fourth-order valence-corrected chi connectivity index (χ4v) is 2.64. The van der Waals surface area contributed by atoms with Crippen molar-refractivity contribution in [1.29, 1.82) is 0 Å². The van der Waals surface area contributed by atoms with Crippen molar-refractivity contribution in [3.05, 3.63) is 29.3 Å². The van der Waals surface area contributed by atoms with Gasteiger partial charge in [-0.15, -0.1) is 0 Å². The third-order valence-corrected chi connectivity index (χ3v) is 3.80. The Labute approximate surface area is 107 Å². The molecule has 0 aliphatic carbocycles. The Morgan fingerprint density at radius 3 is 2.94 bits per heavy atom. The molecule has 1 aromatic carbocycles. The minimum atomic E-state index is -0.242. The van der Waals surface area contributed by atoms with Crippen LogP contribution in [0.5, 0.6) is 5.75 Å². The van der Waals surface area contributed by atoms with Crippen LogP contribution in [0, 0.1) is 0 Å². The first-order valence-corrected chi connectivity index (χ1v) is 6.51. The van der Waals surface area contributed by atoms with Crippen LogP contribution in [0.3, 0.4) is 0 Å². The molecule has 1 atom stereocenters. The van der Waals surface area contributed by atoms with Crippen LogP contribution in [0.1, 0.15) is 42.6 Å². The Hall–Kier alpha value is -1.35. The molecule has 0 radical (unpaired) electrons. The van der Waals surface area contributed by atoms with E-state index >= 15 is 0 Å². The van der Waals surface area contributed by atoms with Gasteiger partial charge in [0.05, 0.1) is 6.61 Å². The van der Waals surface area contributed by atoms with E-state index in [0.717, 1.165) is 29.7 Å². The maximum Gasteiger partial charge on any atom is 0.191 e. The zero-order valence-electron chi connectivity index (χ0n) is 10.9. The summed E-state index contributed by atoms with van der Waals surface area (Å²) in [6.45, 7) is 5.66. The topological polar surface area (TPSA) is 35.5 Å². The van der Waals surface area contributed by atoms with Gasteiger partial charge >= 0.3 is 0 Å². The first-order chi connectivity index (χ1) is 8.58. The maximum absolute atomic E-state index is 12.3. The van der Waals surface area contributed by atoms with Gasteiger partial charge in [0.1, 0.15) is 11.9 Å². The Kier molecular flexibility index (Phi) is 2.67. The van der Waals surface area contributed by atoms with E-state index in [1.165, 1.54) is 0 Å². The molecule has 3 nitrogen and oxygen atoms in total. The van der Waals surface area contributed by atoms with Crippen molar-refractivity contribution < 1.29 is 14.3 Å². The highest BCUT2D eigenvalue weighted by Crippen LogP contribution is 2.39. The molecule has 0 aromatic heterocycles. The molecular weight excluding hydrogens is 228 g/mol. The molecule has 2 heterocycles. The summed E-state index contributed by atoms with van der Waals surface area (Å²) < 4.78 is 11.1. The molecule has 0 spiro atoms. The van der Waals surface area contributed by atoms with Crippen LogP contribution in [0.15, 0.2) is 18.2 Å². The second-order valence-electron chi connectivity index (χ2n) is 5.75. The number of carbonyl (C=O) groups is 1. The molecule has 1 aromatic rings. The predicted octanol–water partition coefficient (Wildman–Crippen LogP) is 2.72. The summed E-state index contributed by atoms with van der Waals surface area (Å²) in [5, 5.41) is 0. The predicted molar refractivity (Wildman–Crippen MR) is 68.3 cm³/mol. The van der Waals surface area contributed by atoms with Crippen LogP contribution >= 0.6 is 0 Å². The summed E-state index contributed by atoms with van der Waals surface area (Å²) in [5.41, 5.74) is 1.87. The van der Waals surface area contributed by atoms with Crippen molar-refractivity contribution in [2.75, 3.05) is 13.2 Å². The minimum Gasteiger partial charge on any atom is -0.492 e. The molecule has 18 heavy (non-hydrogen) atoms. The third kappa shape index (κ3) is 1.83. The SMILES string of the molecule is CC1(C)COc2ccc(C(=O)C3CCCO3)cc21. The summed E-state index contributed by atoms with van der Waals surface area (Å²) in [6.07, 6.45) is 1.58. The van der Waals surface area contributed by atoms with Gasteiger partial charge in [0.2, 0.25) is 0 Å². The van der Waals surface area contributed by atoms with Crippen LogP contribution < -0.4 is 4.74 Å². The number of hydrogen-bond donors (Lipinski definition) is 0. The highest BCUT2D eigenvalue weighted by Gasteiger charge is 2.33. The Morgan fingerprint density at radius 2 is 2.22 bits per heavy atom. The van der Waals surface area contributed by atoms with Crippen LogP contribution in [0.4, 0.5) is 0 Å². The van der Waals surface area contributed by atoms with Crippen LogP contribution in [-0.4, -0.2) is 25.1 Å². The van der Waals surface area contributed by atoms with E-state index in [4.69, 9.17) is 9.47 Å². The molecule has 3 heteroatoms. The van der Waals surface area contributed by atoms with Crippen molar-refractivity contribution in [3.63, 3.8) is 0 Å². The van der Waals surface area contributed by atoms with Crippen molar-refractivity contribution in [3.8, 4) is 5.75 Å². The van der Waals surface area contributed by atoms with Gasteiger partial charge < -0.3 is 9.47 Å². The number of carbonyl (C=O) groups excluding carboxylic acids is 1. The fraction of sp³-hybridized carbons (Fsp3) is 0.533. The Morgan fingerprint density at radius 1 is 1.39 bits per heavy atom. The summed E-state index contributed by atoms with van der Waals surface area (Å²) in [4.78, 5) is 12.3. The lowest BCUT2D eigenvalue weighted by Gasteiger charge is -2.16. The van der Waals surface area contributed by atoms with E-state index in [1.54, 1.807) is 0 Å². The number of rotatable bonds is 2. The molecular formula is C15H18O3. The monoisotopic (exact) mass is 246 g/mol. The number of fused-ring (bicyclic) bond motifs is 1. The van der Waals surface area contributed by atoms with Gasteiger partial charge in [-0.1, -0.05) is 13.8 Å². The van der Waals surface area contributed by atoms with Gasteiger partial charge in [-0.05, 0) is 31.0 Å². The summed E-state index contributed by atoms with van der Waals surface area (Å²) in [6, 6.07) is 5.74. The highest BCUT2D eigenvalue weighted by molar-refractivity contribution is 6.00. The van der Waals surface area contributed by atoms with Gasteiger partial charge in [-0.3, -0.25) is 4.79 Å². The van der Waals surface area contributed by atoms with E-state index < -0.39 is 0 Å². The quantitative estimate of drug-likeness (QED) is 0.753. The standard InChI is InChI=1S/C15H18O3/c1-15(2)9-18-12-6-5-10(8-11(12)15)14(16)13-4-3-7-17-13/h5-6,8,13H,3-4,7,9H2,1-2H3. The van der Waals surface area contributed by atoms with Gasteiger partial charge in [-0.25, -0.2) is 0 Å². The first kappa shape index (κ1) is 11.7. The molecule has 96 valence electrons. The summed E-state index contributed by atoms with van der Waals surface area (Å²) in [7, 11) is 0. The van der Waals surface area contributed by atoms with Gasteiger partial charge in [0.15, 0.2) is 5.78 Å². The second-order valence-corrected chi connectivity index (χ2v) is 5.75. The second kappa shape index (κ2) is 4.09. The summed E-state index contributed by atoms with van der Waals surface area (Å²) in [5.74, 6) is 1.02. The molecule has 0 N–H and O–H groups in total. The Bertz CT molecular complexity index is 485. The van der Waals surface area contributed by atoms with Crippen molar-refractivity contribution in [2.24, 2.45) is 0 Å². The molecule has 0 saturated carbocycles. The molecule has 0 bridgehead atoms. The van der Waals surface area contributed by atoms with Crippen molar-refractivity contribution >= 4 is 5.78 Å². The number of Topliss-reactive ketones (excluding diaryl/α,β-unsaturated/α-hetero) is 1. The van der Waals surface area contributed by atoms with Gasteiger partial charge in [-0.2, -0.15) is 0 Å². The third-order valence-electron chi connectivity index (χ3n) is 3.80. The lowest BCUT2D eigenvalue weighted by Crippen LogP contribution is -2.21. The van der Waals surface area contributed by atoms with E-state index in [1.807, 2.05) is 18.2 Å².